The maximum atomic E-state index is 12.5. The summed E-state index contributed by atoms with van der Waals surface area (Å²) in [6.07, 6.45) is 0.469. The third-order valence-electron chi connectivity index (χ3n) is 3.84. The third-order valence-corrected chi connectivity index (χ3v) is 4.35. The normalized spacial score (nSPS) is 11.7. The van der Waals surface area contributed by atoms with E-state index in [1.807, 2.05) is 19.1 Å². The first kappa shape index (κ1) is 20.0. The molecule has 3 aromatic rings. The largest absolute Gasteiger partial charge is 0.338 e. The molecule has 0 aliphatic heterocycles. The van der Waals surface area contributed by atoms with E-state index in [-0.39, 0.29) is 0 Å². The average Bonchev–Trinajstić information content (AvgIpc) is 3.14. The Hall–Kier alpha value is -2.77. The smallest absolute Gasteiger partial charge is 0.321 e. The molecule has 9 heteroatoms. The van der Waals surface area contributed by atoms with E-state index in [9.17, 15) is 4.79 Å². The highest BCUT2D eigenvalue weighted by Crippen LogP contribution is 2.20. The highest BCUT2D eigenvalue weighted by Gasteiger charge is 2.21. The van der Waals surface area contributed by atoms with Crippen molar-refractivity contribution in [1.29, 1.82) is 0 Å². The van der Waals surface area contributed by atoms with Gasteiger partial charge in [-0.25, -0.2) is 4.79 Å². The predicted molar refractivity (Wildman–Crippen MR) is 110 cm³/mol. The van der Waals surface area contributed by atoms with Gasteiger partial charge in [-0.2, -0.15) is 4.98 Å². The van der Waals surface area contributed by atoms with Crippen LogP contribution in [-0.4, -0.2) is 22.7 Å². The maximum Gasteiger partial charge on any atom is 0.321 e. The quantitative estimate of drug-likeness (QED) is 0.505. The molecule has 2 aromatic carbocycles. The Morgan fingerprint density at radius 2 is 1.71 bits per heavy atom. The Bertz CT molecular complexity index is 913. The molecule has 2 amide bonds. The lowest BCUT2D eigenvalue weighted by atomic mass is 10.1. The molecule has 28 heavy (non-hydrogen) atoms. The van der Waals surface area contributed by atoms with Crippen molar-refractivity contribution in [1.82, 2.24) is 15.5 Å². The Balaban J connectivity index is 1.75. The first-order valence-electron chi connectivity index (χ1n) is 8.68. The Morgan fingerprint density at radius 3 is 2.36 bits per heavy atom. The number of nitrogens with one attached hydrogen (secondary N) is 3. The van der Waals surface area contributed by atoms with E-state index in [4.69, 9.17) is 27.7 Å². The van der Waals surface area contributed by atoms with Crippen molar-refractivity contribution in [2.45, 2.75) is 19.4 Å². The van der Waals surface area contributed by atoms with Gasteiger partial charge in [0.05, 0.1) is 6.04 Å². The van der Waals surface area contributed by atoms with Crippen molar-refractivity contribution < 1.29 is 9.32 Å². The molecule has 1 atom stereocenters. The minimum Gasteiger partial charge on any atom is -0.338 e. The number of rotatable bonds is 7. The van der Waals surface area contributed by atoms with Gasteiger partial charge >= 0.3 is 12.0 Å². The molecule has 146 valence electrons. The standard InChI is InChI=1S/C19H19Cl2N5O2/c1-2-22-19-25-17(26-28-19)16(11-12-3-5-13(20)6-4-12)24-18(27)23-15-9-7-14(21)8-10-15/h3-10,16H,2,11H2,1H3,(H,22,25,26)(H2,23,24,27)/t16-/m0/s1. The lowest BCUT2D eigenvalue weighted by molar-refractivity contribution is 0.247. The molecule has 1 heterocycles. The van der Waals surface area contributed by atoms with E-state index >= 15 is 0 Å². The van der Waals surface area contributed by atoms with Crippen molar-refractivity contribution in [2.24, 2.45) is 0 Å². The van der Waals surface area contributed by atoms with Crippen LogP contribution in [0.15, 0.2) is 53.1 Å². The molecular weight excluding hydrogens is 401 g/mol. The molecule has 0 unspecified atom stereocenters. The Kier molecular flexibility index (Phi) is 6.73. The first-order chi connectivity index (χ1) is 13.5. The molecule has 0 spiro atoms. The summed E-state index contributed by atoms with van der Waals surface area (Å²) in [6.45, 7) is 2.57. The zero-order valence-electron chi connectivity index (χ0n) is 15.1. The lowest BCUT2D eigenvalue weighted by Crippen LogP contribution is -2.34. The second-order valence-electron chi connectivity index (χ2n) is 5.98. The van der Waals surface area contributed by atoms with Crippen LogP contribution in [0.3, 0.4) is 0 Å². The molecule has 0 aliphatic carbocycles. The maximum absolute atomic E-state index is 12.5. The van der Waals surface area contributed by atoms with Gasteiger partial charge in [0.1, 0.15) is 0 Å². The molecule has 0 fully saturated rings. The Morgan fingerprint density at radius 1 is 1.07 bits per heavy atom. The molecule has 1 aromatic heterocycles. The van der Waals surface area contributed by atoms with E-state index in [1.54, 1.807) is 36.4 Å². The minimum absolute atomic E-state index is 0.304. The summed E-state index contributed by atoms with van der Waals surface area (Å²) in [6, 6.07) is 13.6. The van der Waals surface area contributed by atoms with E-state index in [2.05, 4.69) is 26.1 Å². The monoisotopic (exact) mass is 419 g/mol. The Labute approximate surface area is 172 Å². The highest BCUT2D eigenvalue weighted by molar-refractivity contribution is 6.30. The number of carbonyl (C=O) groups excluding carboxylic acids is 1. The van der Waals surface area contributed by atoms with Gasteiger partial charge in [0.25, 0.3) is 0 Å². The van der Waals surface area contributed by atoms with Crippen molar-refractivity contribution in [3.63, 3.8) is 0 Å². The average molecular weight is 420 g/mol. The van der Waals surface area contributed by atoms with Crippen LogP contribution in [0.25, 0.3) is 0 Å². The van der Waals surface area contributed by atoms with Gasteiger partial charge in [0.15, 0.2) is 5.82 Å². The number of nitrogens with zero attached hydrogens (tertiary/aromatic N) is 2. The summed E-state index contributed by atoms with van der Waals surface area (Å²) < 4.78 is 5.18. The molecule has 0 bridgehead atoms. The fourth-order valence-electron chi connectivity index (χ4n) is 2.52. The molecule has 0 radical (unpaired) electrons. The second-order valence-corrected chi connectivity index (χ2v) is 6.85. The van der Waals surface area contributed by atoms with Crippen LogP contribution in [0.4, 0.5) is 16.5 Å². The summed E-state index contributed by atoms with van der Waals surface area (Å²) in [4.78, 5) is 16.8. The van der Waals surface area contributed by atoms with Crippen LogP contribution in [0.5, 0.6) is 0 Å². The van der Waals surface area contributed by atoms with Gasteiger partial charge in [-0.05, 0) is 48.9 Å². The molecule has 0 saturated heterocycles. The summed E-state index contributed by atoms with van der Waals surface area (Å²) in [5, 5.41) is 13.8. The predicted octanol–water partition coefficient (Wildman–Crippen LogP) is 4.91. The summed E-state index contributed by atoms with van der Waals surface area (Å²) >= 11 is 11.8. The van der Waals surface area contributed by atoms with Crippen LogP contribution in [0.2, 0.25) is 10.0 Å². The van der Waals surface area contributed by atoms with E-state index < -0.39 is 12.1 Å². The topological polar surface area (TPSA) is 92.1 Å². The number of halogens is 2. The zero-order valence-corrected chi connectivity index (χ0v) is 16.6. The van der Waals surface area contributed by atoms with Crippen molar-refractivity contribution >= 4 is 40.9 Å². The summed E-state index contributed by atoms with van der Waals surface area (Å²) in [5.41, 5.74) is 1.59. The van der Waals surface area contributed by atoms with Crippen molar-refractivity contribution in [3.8, 4) is 0 Å². The van der Waals surface area contributed by atoms with E-state index in [0.717, 1.165) is 5.56 Å². The minimum atomic E-state index is -0.496. The fraction of sp³-hybridized carbons (Fsp3) is 0.211. The van der Waals surface area contributed by atoms with Gasteiger partial charge in [-0.15, -0.1) is 0 Å². The SMILES string of the molecule is CCNc1nc([C@H](Cc2ccc(Cl)cc2)NC(=O)Nc2ccc(Cl)cc2)no1. The fourth-order valence-corrected chi connectivity index (χ4v) is 2.77. The van der Waals surface area contributed by atoms with Gasteiger partial charge in [0.2, 0.25) is 0 Å². The number of anilines is 2. The molecule has 7 nitrogen and oxygen atoms in total. The highest BCUT2D eigenvalue weighted by atomic mass is 35.5. The molecule has 0 saturated carbocycles. The van der Waals surface area contributed by atoms with Crippen molar-refractivity contribution in [2.75, 3.05) is 17.2 Å². The van der Waals surface area contributed by atoms with Gasteiger partial charge < -0.3 is 20.5 Å². The first-order valence-corrected chi connectivity index (χ1v) is 9.44. The van der Waals surface area contributed by atoms with Crippen molar-refractivity contribution in [3.05, 3.63) is 70.0 Å². The molecule has 3 N–H and O–H groups in total. The van der Waals surface area contributed by atoms with Gasteiger partial charge in [-0.3, -0.25) is 0 Å². The number of hydrogen-bond acceptors (Lipinski definition) is 5. The number of benzene rings is 2. The lowest BCUT2D eigenvalue weighted by Gasteiger charge is -2.16. The summed E-state index contributed by atoms with van der Waals surface area (Å²) in [5.74, 6) is 0.372. The number of aromatic nitrogens is 2. The van der Waals surface area contributed by atoms with Crippen LogP contribution >= 0.6 is 23.2 Å². The third kappa shape index (κ3) is 5.61. The zero-order chi connectivity index (χ0) is 19.9. The van der Waals surface area contributed by atoms with Crippen LogP contribution < -0.4 is 16.0 Å². The molecular formula is C19H19Cl2N5O2. The van der Waals surface area contributed by atoms with Crippen LogP contribution in [0, 0.1) is 0 Å². The van der Waals surface area contributed by atoms with Crippen LogP contribution in [-0.2, 0) is 6.42 Å². The molecule has 0 aliphatic rings. The summed E-state index contributed by atoms with van der Waals surface area (Å²) in [7, 11) is 0. The number of carbonyl (C=O) groups is 1. The second kappa shape index (κ2) is 9.43. The van der Waals surface area contributed by atoms with Crippen LogP contribution in [0.1, 0.15) is 24.4 Å². The van der Waals surface area contributed by atoms with E-state index in [0.29, 0.717) is 40.5 Å². The van der Waals surface area contributed by atoms with Gasteiger partial charge in [-0.1, -0.05) is 40.5 Å². The molecule has 3 rings (SSSR count). The number of urea groups is 1. The number of amides is 2. The number of hydrogen-bond donors (Lipinski definition) is 3. The van der Waals surface area contributed by atoms with Gasteiger partial charge in [0, 0.05) is 28.7 Å². The van der Waals surface area contributed by atoms with E-state index in [1.165, 1.54) is 0 Å².